The summed E-state index contributed by atoms with van der Waals surface area (Å²) in [6.45, 7) is 0.0914. The third-order valence-corrected chi connectivity index (χ3v) is 14.5. The Hall–Kier alpha value is -8.76. The zero-order valence-electron chi connectivity index (χ0n) is 43.4. The van der Waals surface area contributed by atoms with E-state index >= 15 is 0 Å². The molecule has 0 saturated heterocycles. The standard InChI is InChI=1S/C62H58Cl2N8O7/c63-55-35-51(25-19-49(55)37-65)69-61(77)71(53-27-21-45(22-28-53)43-7-3-1-4-8-43)39-41-11-15-47(16-12-41)59(75)67-33-31-57(73)79-58(74)32-34-68-60(76)48-17-13-42(14-18-48)40-72(62(78)70-52-26-20-50(38-66)56(64)36-52)54-29-23-46(24-30-54)44-9-5-2-6-10-44/h7,11-30,35-36,44H,1-6,8-10,31-34,39-40H2,(H,67,75)(H,68,76)(H,69,77)(H,70,78). The Kier molecular flexibility index (Phi) is 19.7. The van der Waals surface area contributed by atoms with Crippen LogP contribution in [0.4, 0.5) is 32.3 Å². The van der Waals surface area contributed by atoms with E-state index in [1.807, 2.05) is 48.5 Å². The van der Waals surface area contributed by atoms with Crippen LogP contribution in [0.3, 0.4) is 0 Å². The minimum atomic E-state index is -0.851. The summed E-state index contributed by atoms with van der Waals surface area (Å²) in [4.78, 5) is 82.0. The maximum Gasteiger partial charge on any atom is 0.326 e. The zero-order valence-corrected chi connectivity index (χ0v) is 44.9. The first-order chi connectivity index (χ1) is 38.3. The smallest absolute Gasteiger partial charge is 0.326 e. The van der Waals surface area contributed by atoms with Gasteiger partial charge in [0, 0.05) is 47.0 Å². The Morgan fingerprint density at radius 2 is 1.03 bits per heavy atom. The molecular weight excluding hydrogens is 1040 g/mol. The third kappa shape index (κ3) is 15.7. The number of amides is 6. The minimum absolute atomic E-state index is 0.108. The monoisotopic (exact) mass is 1100 g/mol. The van der Waals surface area contributed by atoms with E-state index in [1.165, 1.54) is 61.1 Å². The molecule has 6 amide bonds. The van der Waals surface area contributed by atoms with Crippen molar-refractivity contribution in [3.63, 3.8) is 0 Å². The second-order valence-electron chi connectivity index (χ2n) is 19.3. The Bertz CT molecular complexity index is 3310. The summed E-state index contributed by atoms with van der Waals surface area (Å²) >= 11 is 12.5. The first-order valence-corrected chi connectivity index (χ1v) is 27.0. The number of nitriles is 2. The second-order valence-corrected chi connectivity index (χ2v) is 20.2. The normalized spacial score (nSPS) is 13.1. The van der Waals surface area contributed by atoms with E-state index < -0.39 is 35.8 Å². The molecule has 0 aliphatic heterocycles. The SMILES string of the molecule is N#Cc1ccc(NC(=O)N(Cc2ccc(C(=O)NCCC(=O)OC(=O)CCNC(=O)c3ccc(CN(C(=O)Nc4ccc(C#N)c(Cl)c4)c4ccc(C5CCCCC5)cc4)cc3)cc2)c2ccc(C3=CCCCC3)cc2)cc1Cl. The molecule has 2 aliphatic rings. The number of halogens is 2. The van der Waals surface area contributed by atoms with Crippen molar-refractivity contribution in [3.8, 4) is 12.1 Å². The minimum Gasteiger partial charge on any atom is -0.393 e. The fourth-order valence-corrected chi connectivity index (χ4v) is 9.95. The van der Waals surface area contributed by atoms with Crippen molar-refractivity contribution in [3.05, 3.63) is 194 Å². The molecule has 0 atom stereocenters. The van der Waals surface area contributed by atoms with Crippen molar-refractivity contribution in [2.45, 2.75) is 89.6 Å². The molecule has 4 N–H and O–H groups in total. The van der Waals surface area contributed by atoms with Crippen LogP contribution in [-0.2, 0) is 27.4 Å². The van der Waals surface area contributed by atoms with Gasteiger partial charge in [-0.2, -0.15) is 10.5 Å². The number of ether oxygens (including phenoxy) is 1. The highest BCUT2D eigenvalue weighted by molar-refractivity contribution is 6.32. The van der Waals surface area contributed by atoms with Gasteiger partial charge in [0.15, 0.2) is 0 Å². The molecule has 6 aromatic rings. The molecule has 0 unspecified atom stereocenters. The number of hydrogen-bond donors (Lipinski definition) is 4. The molecular formula is C62H58Cl2N8O7. The van der Waals surface area contributed by atoms with Gasteiger partial charge >= 0.3 is 24.0 Å². The number of hydrogen-bond acceptors (Lipinski definition) is 9. The lowest BCUT2D eigenvalue weighted by molar-refractivity contribution is -0.159. The fourth-order valence-electron chi connectivity index (χ4n) is 9.51. The van der Waals surface area contributed by atoms with Gasteiger partial charge in [-0.15, -0.1) is 0 Å². The number of nitrogens with zero attached hydrogens (tertiary/aromatic N) is 4. The number of carbonyl (C=O) groups excluding carboxylic acids is 6. The number of urea groups is 2. The van der Waals surface area contributed by atoms with Gasteiger partial charge in [0.1, 0.15) is 12.1 Å². The van der Waals surface area contributed by atoms with Gasteiger partial charge in [0.2, 0.25) is 0 Å². The fraction of sp³-hybridized carbons (Fsp3) is 0.258. The average molecular weight is 1100 g/mol. The van der Waals surface area contributed by atoms with E-state index in [-0.39, 0.29) is 60.2 Å². The predicted molar refractivity (Wildman–Crippen MR) is 306 cm³/mol. The molecule has 79 heavy (non-hydrogen) atoms. The molecule has 2 aliphatic carbocycles. The first kappa shape index (κ1) is 56.4. The number of allylic oxidation sites excluding steroid dienone is 2. The number of rotatable bonds is 18. The molecule has 0 heterocycles. The van der Waals surface area contributed by atoms with Gasteiger partial charge in [-0.25, -0.2) is 9.59 Å². The number of benzene rings is 6. The summed E-state index contributed by atoms with van der Waals surface area (Å²) < 4.78 is 4.93. The molecule has 6 aromatic carbocycles. The third-order valence-electron chi connectivity index (χ3n) is 13.9. The molecule has 0 aromatic heterocycles. The van der Waals surface area contributed by atoms with Crippen LogP contribution in [0.1, 0.15) is 131 Å². The van der Waals surface area contributed by atoms with E-state index in [9.17, 15) is 39.3 Å². The van der Waals surface area contributed by atoms with Crippen LogP contribution in [0.5, 0.6) is 0 Å². The van der Waals surface area contributed by atoms with Gasteiger partial charge < -0.3 is 26.0 Å². The molecule has 8 rings (SSSR count). The molecule has 0 radical (unpaired) electrons. The maximum absolute atomic E-state index is 13.8. The summed E-state index contributed by atoms with van der Waals surface area (Å²) in [7, 11) is 0. The summed E-state index contributed by atoms with van der Waals surface area (Å²) in [6, 6.07) is 41.7. The molecule has 0 bridgehead atoms. The van der Waals surface area contributed by atoms with E-state index in [0.29, 0.717) is 39.8 Å². The summed E-state index contributed by atoms with van der Waals surface area (Å²) in [5.41, 5.74) is 8.42. The lowest BCUT2D eigenvalue weighted by Gasteiger charge is -2.26. The maximum atomic E-state index is 13.8. The first-order valence-electron chi connectivity index (χ1n) is 26.3. The van der Waals surface area contributed by atoms with Crippen LogP contribution >= 0.6 is 23.2 Å². The van der Waals surface area contributed by atoms with Gasteiger partial charge in [0.25, 0.3) is 11.8 Å². The van der Waals surface area contributed by atoms with Crippen molar-refractivity contribution in [1.29, 1.82) is 10.5 Å². The Balaban J connectivity index is 0.787. The van der Waals surface area contributed by atoms with Crippen LogP contribution in [0.2, 0.25) is 10.0 Å². The number of carbonyl (C=O) groups is 6. The van der Waals surface area contributed by atoms with E-state index in [2.05, 4.69) is 39.5 Å². The Labute approximate surface area is 469 Å². The molecule has 15 nitrogen and oxygen atoms in total. The average Bonchev–Trinajstić information content (AvgIpc) is 3.50. The quantitative estimate of drug-likeness (QED) is 0.0475. The van der Waals surface area contributed by atoms with E-state index in [4.69, 9.17) is 27.9 Å². The highest BCUT2D eigenvalue weighted by Crippen LogP contribution is 2.34. The van der Waals surface area contributed by atoms with Crippen molar-refractivity contribution in [2.24, 2.45) is 0 Å². The molecule has 0 spiro atoms. The summed E-state index contributed by atoms with van der Waals surface area (Å²) in [5, 5.41) is 30.1. The van der Waals surface area contributed by atoms with Crippen LogP contribution in [-0.4, -0.2) is 48.9 Å². The Morgan fingerprint density at radius 3 is 1.46 bits per heavy atom. The molecule has 1 saturated carbocycles. The van der Waals surface area contributed by atoms with Crippen molar-refractivity contribution < 1.29 is 33.5 Å². The largest absolute Gasteiger partial charge is 0.393 e. The summed E-state index contributed by atoms with van der Waals surface area (Å²) in [6.07, 6.45) is 12.0. The zero-order chi connectivity index (χ0) is 55.7. The molecule has 402 valence electrons. The van der Waals surface area contributed by atoms with Gasteiger partial charge in [-0.3, -0.25) is 29.0 Å². The van der Waals surface area contributed by atoms with Gasteiger partial charge in [0.05, 0.1) is 47.1 Å². The molecule has 17 heteroatoms. The number of anilines is 4. The second kappa shape index (κ2) is 27.5. The van der Waals surface area contributed by atoms with E-state index in [1.54, 1.807) is 70.5 Å². The highest BCUT2D eigenvalue weighted by atomic mass is 35.5. The summed E-state index contributed by atoms with van der Waals surface area (Å²) in [5.74, 6) is -2.14. The predicted octanol–water partition coefficient (Wildman–Crippen LogP) is 13.2. The van der Waals surface area contributed by atoms with Crippen LogP contribution in [0.25, 0.3) is 5.57 Å². The molecule has 1 fully saturated rings. The van der Waals surface area contributed by atoms with Crippen LogP contribution in [0.15, 0.2) is 140 Å². The highest BCUT2D eigenvalue weighted by Gasteiger charge is 2.22. The topological polar surface area (TPSA) is 214 Å². The van der Waals surface area contributed by atoms with Crippen LogP contribution < -0.4 is 31.1 Å². The van der Waals surface area contributed by atoms with Crippen LogP contribution in [0, 0.1) is 22.7 Å². The van der Waals surface area contributed by atoms with Gasteiger partial charge in [-0.05, 0) is 157 Å². The lowest BCUT2D eigenvalue weighted by atomic mass is 9.84. The van der Waals surface area contributed by atoms with Crippen molar-refractivity contribution >= 4 is 87.3 Å². The Morgan fingerprint density at radius 1 is 0.557 bits per heavy atom. The van der Waals surface area contributed by atoms with Crippen molar-refractivity contribution in [2.75, 3.05) is 33.5 Å². The lowest BCUT2D eigenvalue weighted by Crippen LogP contribution is -2.34. The number of nitrogens with one attached hydrogen (secondary N) is 4. The van der Waals surface area contributed by atoms with E-state index in [0.717, 1.165) is 48.8 Å². The number of esters is 2. The van der Waals surface area contributed by atoms with Gasteiger partial charge in [-0.1, -0.05) is 97.1 Å². The van der Waals surface area contributed by atoms with Crippen molar-refractivity contribution in [1.82, 2.24) is 10.6 Å².